The number of carbonyl (C=O) groups excluding carboxylic acids is 1. The quantitative estimate of drug-likeness (QED) is 0.475. The molecular formula is C21H23N3O6S. The number of thiazole rings is 1. The summed E-state index contributed by atoms with van der Waals surface area (Å²) in [6, 6.07) is 8.53. The molecule has 1 heterocycles. The Hall–Kier alpha value is -3.66. The van der Waals surface area contributed by atoms with E-state index in [1.54, 1.807) is 44.6 Å². The van der Waals surface area contributed by atoms with Crippen molar-refractivity contribution in [3.63, 3.8) is 0 Å². The molecule has 0 aliphatic heterocycles. The fraction of sp³-hybridized carbons (Fsp3) is 0.238. The number of nitrogens with one attached hydrogen (secondary N) is 1. The van der Waals surface area contributed by atoms with Crippen LogP contribution in [0.3, 0.4) is 0 Å². The number of hydrogen-bond acceptors (Lipinski definition) is 10. The van der Waals surface area contributed by atoms with Crippen molar-refractivity contribution in [1.82, 2.24) is 4.98 Å². The summed E-state index contributed by atoms with van der Waals surface area (Å²) in [5, 5.41) is 3.57. The zero-order valence-corrected chi connectivity index (χ0v) is 18.6. The Bertz CT molecular complexity index is 1080. The Labute approximate surface area is 183 Å². The highest BCUT2D eigenvalue weighted by Crippen LogP contribution is 2.42. The standard InChI is InChI=1S/C21H23N3O6S/c1-26-12-8-11(9-13(10-12)27-2)23-21-24-20(22)19(31-21)16(25)14-6-7-15(28-3)18(30-5)17(14)29-4/h6-10H,22H2,1-5H3,(H,23,24). The van der Waals surface area contributed by atoms with Crippen LogP contribution in [0.25, 0.3) is 0 Å². The molecule has 3 rings (SSSR count). The molecule has 0 spiro atoms. The van der Waals surface area contributed by atoms with Crippen LogP contribution in [0, 0.1) is 0 Å². The number of nitrogens with two attached hydrogens (primary N) is 1. The first-order chi connectivity index (χ1) is 14.9. The summed E-state index contributed by atoms with van der Waals surface area (Å²) in [5.41, 5.74) is 7.01. The fourth-order valence-corrected chi connectivity index (χ4v) is 3.81. The molecule has 0 aliphatic carbocycles. The number of rotatable bonds is 9. The highest BCUT2D eigenvalue weighted by Gasteiger charge is 2.25. The summed E-state index contributed by atoms with van der Waals surface area (Å²) in [4.78, 5) is 17.8. The molecule has 164 valence electrons. The maximum absolute atomic E-state index is 13.2. The van der Waals surface area contributed by atoms with Crippen molar-refractivity contribution in [2.75, 3.05) is 46.6 Å². The molecule has 0 atom stereocenters. The molecule has 2 aromatic carbocycles. The first-order valence-electron chi connectivity index (χ1n) is 9.05. The van der Waals surface area contributed by atoms with Gasteiger partial charge in [0, 0.05) is 23.9 Å². The van der Waals surface area contributed by atoms with Crippen LogP contribution < -0.4 is 34.7 Å². The number of nitrogen functional groups attached to an aromatic ring is 1. The van der Waals surface area contributed by atoms with Crippen LogP contribution in [0.5, 0.6) is 28.7 Å². The third-order valence-electron chi connectivity index (χ3n) is 4.41. The number of carbonyl (C=O) groups is 1. The Morgan fingerprint density at radius 3 is 2.10 bits per heavy atom. The SMILES string of the molecule is COc1cc(Nc2nc(N)c(C(=O)c3ccc(OC)c(OC)c3OC)s2)cc(OC)c1. The lowest BCUT2D eigenvalue weighted by molar-refractivity contribution is 0.103. The molecule has 0 radical (unpaired) electrons. The summed E-state index contributed by atoms with van der Waals surface area (Å²) in [5.74, 6) is 2.00. The average Bonchev–Trinajstić information content (AvgIpc) is 3.16. The smallest absolute Gasteiger partial charge is 0.210 e. The Kier molecular flexibility index (Phi) is 6.71. The summed E-state index contributed by atoms with van der Waals surface area (Å²) in [7, 11) is 7.55. The lowest BCUT2D eigenvalue weighted by atomic mass is 10.1. The topological polar surface area (TPSA) is 114 Å². The molecule has 3 aromatic rings. The average molecular weight is 445 g/mol. The zero-order valence-electron chi connectivity index (χ0n) is 17.8. The van der Waals surface area contributed by atoms with Gasteiger partial charge in [-0.2, -0.15) is 0 Å². The maximum Gasteiger partial charge on any atom is 0.210 e. The highest BCUT2D eigenvalue weighted by atomic mass is 32.1. The minimum absolute atomic E-state index is 0.101. The van der Waals surface area contributed by atoms with Gasteiger partial charge in [-0.25, -0.2) is 4.98 Å². The minimum Gasteiger partial charge on any atom is -0.497 e. The molecule has 0 unspecified atom stereocenters. The van der Waals surface area contributed by atoms with Crippen molar-refractivity contribution in [2.24, 2.45) is 0 Å². The fourth-order valence-electron chi connectivity index (χ4n) is 2.95. The number of nitrogens with zero attached hydrogens (tertiary/aromatic N) is 1. The molecule has 1 aromatic heterocycles. The Balaban J connectivity index is 1.95. The normalized spacial score (nSPS) is 10.4. The number of hydrogen-bond donors (Lipinski definition) is 2. The third kappa shape index (κ3) is 4.43. The van der Waals surface area contributed by atoms with E-state index in [2.05, 4.69) is 10.3 Å². The van der Waals surface area contributed by atoms with Crippen LogP contribution in [-0.4, -0.2) is 46.3 Å². The van der Waals surface area contributed by atoms with Crippen LogP contribution in [0.15, 0.2) is 30.3 Å². The molecule has 31 heavy (non-hydrogen) atoms. The molecule has 0 bridgehead atoms. The second kappa shape index (κ2) is 9.43. The van der Waals surface area contributed by atoms with Crippen LogP contribution in [-0.2, 0) is 0 Å². The van der Waals surface area contributed by atoms with Gasteiger partial charge in [-0.1, -0.05) is 11.3 Å². The first kappa shape index (κ1) is 22.0. The van der Waals surface area contributed by atoms with E-state index in [0.717, 1.165) is 11.3 Å². The van der Waals surface area contributed by atoms with Crippen LogP contribution in [0.1, 0.15) is 15.2 Å². The van der Waals surface area contributed by atoms with E-state index in [1.165, 1.54) is 21.3 Å². The van der Waals surface area contributed by atoms with Gasteiger partial charge in [0.05, 0.1) is 41.1 Å². The lowest BCUT2D eigenvalue weighted by Gasteiger charge is -2.14. The summed E-state index contributed by atoms with van der Waals surface area (Å²) < 4.78 is 26.6. The number of ether oxygens (including phenoxy) is 5. The number of ketones is 1. The van der Waals surface area contributed by atoms with Crippen molar-refractivity contribution < 1.29 is 28.5 Å². The maximum atomic E-state index is 13.2. The van der Waals surface area contributed by atoms with E-state index in [-0.39, 0.29) is 27.8 Å². The van der Waals surface area contributed by atoms with E-state index < -0.39 is 0 Å². The Morgan fingerprint density at radius 1 is 0.903 bits per heavy atom. The predicted octanol–water partition coefficient (Wildman–Crippen LogP) is 3.74. The second-order valence-electron chi connectivity index (χ2n) is 6.17. The number of benzene rings is 2. The van der Waals surface area contributed by atoms with Gasteiger partial charge in [-0.15, -0.1) is 0 Å². The first-order valence-corrected chi connectivity index (χ1v) is 9.87. The van der Waals surface area contributed by atoms with E-state index in [4.69, 9.17) is 29.4 Å². The molecule has 3 N–H and O–H groups in total. The highest BCUT2D eigenvalue weighted by molar-refractivity contribution is 7.18. The lowest BCUT2D eigenvalue weighted by Crippen LogP contribution is -2.06. The van der Waals surface area contributed by atoms with E-state index in [0.29, 0.717) is 33.8 Å². The van der Waals surface area contributed by atoms with Gasteiger partial charge < -0.3 is 34.7 Å². The number of methoxy groups -OCH3 is 5. The van der Waals surface area contributed by atoms with Gasteiger partial charge in [-0.05, 0) is 12.1 Å². The van der Waals surface area contributed by atoms with E-state index in [1.807, 2.05) is 0 Å². The molecule has 0 saturated carbocycles. The van der Waals surface area contributed by atoms with Gasteiger partial charge in [0.15, 0.2) is 16.6 Å². The van der Waals surface area contributed by atoms with Gasteiger partial charge in [0.25, 0.3) is 0 Å². The summed E-state index contributed by atoms with van der Waals surface area (Å²) in [6.07, 6.45) is 0. The van der Waals surface area contributed by atoms with Crippen molar-refractivity contribution in [3.8, 4) is 28.7 Å². The van der Waals surface area contributed by atoms with Gasteiger partial charge in [0.2, 0.25) is 11.5 Å². The van der Waals surface area contributed by atoms with Gasteiger partial charge in [-0.3, -0.25) is 4.79 Å². The molecule has 0 saturated heterocycles. The van der Waals surface area contributed by atoms with E-state index >= 15 is 0 Å². The summed E-state index contributed by atoms with van der Waals surface area (Å²) >= 11 is 1.12. The largest absolute Gasteiger partial charge is 0.497 e. The monoisotopic (exact) mass is 445 g/mol. The van der Waals surface area contributed by atoms with Crippen LogP contribution >= 0.6 is 11.3 Å². The summed E-state index contributed by atoms with van der Waals surface area (Å²) in [6.45, 7) is 0. The molecule has 0 aliphatic rings. The van der Waals surface area contributed by atoms with Crippen molar-refractivity contribution in [1.29, 1.82) is 0 Å². The van der Waals surface area contributed by atoms with Crippen LogP contribution in [0.2, 0.25) is 0 Å². The van der Waals surface area contributed by atoms with Crippen LogP contribution in [0.4, 0.5) is 16.6 Å². The number of aromatic nitrogens is 1. The van der Waals surface area contributed by atoms with E-state index in [9.17, 15) is 4.79 Å². The third-order valence-corrected chi connectivity index (χ3v) is 5.40. The minimum atomic E-state index is -0.343. The van der Waals surface area contributed by atoms with Crippen molar-refractivity contribution >= 4 is 33.8 Å². The molecule has 0 fully saturated rings. The Morgan fingerprint density at radius 2 is 1.55 bits per heavy atom. The van der Waals surface area contributed by atoms with Gasteiger partial charge in [0.1, 0.15) is 22.2 Å². The zero-order chi connectivity index (χ0) is 22.5. The molecule has 10 heteroatoms. The number of anilines is 3. The predicted molar refractivity (Wildman–Crippen MR) is 119 cm³/mol. The van der Waals surface area contributed by atoms with Crippen molar-refractivity contribution in [2.45, 2.75) is 0 Å². The van der Waals surface area contributed by atoms with Gasteiger partial charge >= 0.3 is 0 Å². The molecular weight excluding hydrogens is 422 g/mol. The van der Waals surface area contributed by atoms with Crippen molar-refractivity contribution in [3.05, 3.63) is 40.8 Å². The second-order valence-corrected chi connectivity index (χ2v) is 7.17. The molecule has 0 amide bonds. The molecule has 9 nitrogen and oxygen atoms in total.